The lowest BCUT2D eigenvalue weighted by molar-refractivity contribution is -0.130. The number of halogens is 1. The molecule has 0 bridgehead atoms. The van der Waals surface area contributed by atoms with Crippen LogP contribution in [-0.4, -0.2) is 53.8 Å². The largest absolute Gasteiger partial charge is 0.339 e. The molecular formula is C12H22ClN3O. The van der Waals surface area contributed by atoms with E-state index in [4.69, 9.17) is 16.9 Å². The zero-order valence-corrected chi connectivity index (χ0v) is 11.7. The molecule has 1 amide bonds. The van der Waals surface area contributed by atoms with Gasteiger partial charge in [-0.25, -0.2) is 0 Å². The number of likely N-dealkylation sites (N-methyl/N-ethyl adjacent to an activating group) is 1. The third-order valence-electron chi connectivity index (χ3n) is 2.73. The average molecular weight is 260 g/mol. The molecule has 0 aliphatic rings. The monoisotopic (exact) mass is 259 g/mol. The van der Waals surface area contributed by atoms with Crippen LogP contribution in [0.5, 0.6) is 0 Å². The van der Waals surface area contributed by atoms with Crippen LogP contribution in [0.1, 0.15) is 27.2 Å². The van der Waals surface area contributed by atoms with Crippen molar-refractivity contribution in [3.63, 3.8) is 0 Å². The maximum atomic E-state index is 11.8. The maximum Gasteiger partial charge on any atom is 0.240 e. The summed E-state index contributed by atoms with van der Waals surface area (Å²) in [5, 5.41) is 8.05. The van der Waals surface area contributed by atoms with Crippen molar-refractivity contribution >= 4 is 17.5 Å². The Morgan fingerprint density at radius 1 is 1.29 bits per heavy atom. The van der Waals surface area contributed by atoms with E-state index >= 15 is 0 Å². The van der Waals surface area contributed by atoms with Gasteiger partial charge in [0.2, 0.25) is 5.91 Å². The van der Waals surface area contributed by atoms with Crippen molar-refractivity contribution in [1.82, 2.24) is 9.80 Å². The van der Waals surface area contributed by atoms with Crippen molar-refractivity contribution in [1.29, 1.82) is 5.26 Å². The van der Waals surface area contributed by atoms with E-state index in [9.17, 15) is 4.79 Å². The quantitative estimate of drug-likeness (QED) is 0.624. The van der Waals surface area contributed by atoms with Gasteiger partial charge in [-0.1, -0.05) is 13.8 Å². The molecule has 0 N–H and O–H groups in total. The minimum Gasteiger partial charge on any atom is -0.339 e. The first kappa shape index (κ1) is 16.2. The summed E-state index contributed by atoms with van der Waals surface area (Å²) in [7, 11) is 0. The predicted molar refractivity (Wildman–Crippen MR) is 69.9 cm³/mol. The Morgan fingerprint density at radius 2 is 1.88 bits per heavy atom. The molecule has 0 aromatic rings. The van der Waals surface area contributed by atoms with Gasteiger partial charge in [0.1, 0.15) is 5.38 Å². The first-order valence-corrected chi connectivity index (χ1v) is 6.52. The van der Waals surface area contributed by atoms with Gasteiger partial charge in [-0.2, -0.15) is 5.26 Å². The lowest BCUT2D eigenvalue weighted by Gasteiger charge is -2.26. The molecule has 0 saturated carbocycles. The van der Waals surface area contributed by atoms with Gasteiger partial charge in [0, 0.05) is 19.6 Å². The molecule has 0 spiro atoms. The van der Waals surface area contributed by atoms with Crippen molar-refractivity contribution < 1.29 is 4.79 Å². The SMILES string of the molecule is CCN(CC)CCN(CCC#N)C(=O)C(C)Cl. The second-order valence-electron chi connectivity index (χ2n) is 3.88. The van der Waals surface area contributed by atoms with Gasteiger partial charge in [0.15, 0.2) is 0 Å². The molecule has 1 atom stereocenters. The second-order valence-corrected chi connectivity index (χ2v) is 4.53. The molecular weight excluding hydrogens is 238 g/mol. The number of hydrogen-bond acceptors (Lipinski definition) is 3. The fourth-order valence-electron chi connectivity index (χ4n) is 1.57. The van der Waals surface area contributed by atoms with Gasteiger partial charge >= 0.3 is 0 Å². The van der Waals surface area contributed by atoms with Crippen LogP contribution in [0.4, 0.5) is 0 Å². The van der Waals surface area contributed by atoms with Gasteiger partial charge in [0.25, 0.3) is 0 Å². The molecule has 0 heterocycles. The molecule has 0 rings (SSSR count). The van der Waals surface area contributed by atoms with Crippen LogP contribution in [0.25, 0.3) is 0 Å². The Bertz CT molecular complexity index is 259. The van der Waals surface area contributed by atoms with Crippen molar-refractivity contribution in [2.75, 3.05) is 32.7 Å². The summed E-state index contributed by atoms with van der Waals surface area (Å²) in [6.45, 7) is 9.71. The fourth-order valence-corrected chi connectivity index (χ4v) is 1.71. The van der Waals surface area contributed by atoms with Gasteiger partial charge in [-0.15, -0.1) is 11.6 Å². The maximum absolute atomic E-state index is 11.8. The molecule has 1 unspecified atom stereocenters. The molecule has 4 nitrogen and oxygen atoms in total. The van der Waals surface area contributed by atoms with E-state index in [1.165, 1.54) is 0 Å². The van der Waals surface area contributed by atoms with E-state index in [2.05, 4.69) is 24.8 Å². The Morgan fingerprint density at radius 3 is 2.29 bits per heavy atom. The first-order valence-electron chi connectivity index (χ1n) is 6.08. The van der Waals surface area contributed by atoms with Crippen molar-refractivity contribution in [2.45, 2.75) is 32.6 Å². The van der Waals surface area contributed by atoms with Crippen LogP contribution >= 0.6 is 11.6 Å². The van der Waals surface area contributed by atoms with Crippen molar-refractivity contribution in [2.24, 2.45) is 0 Å². The van der Waals surface area contributed by atoms with E-state index in [1.54, 1.807) is 11.8 Å². The minimum atomic E-state index is -0.523. The van der Waals surface area contributed by atoms with Crippen LogP contribution in [0.2, 0.25) is 0 Å². The highest BCUT2D eigenvalue weighted by atomic mass is 35.5. The molecule has 17 heavy (non-hydrogen) atoms. The van der Waals surface area contributed by atoms with Gasteiger partial charge in [0.05, 0.1) is 12.5 Å². The van der Waals surface area contributed by atoms with E-state index < -0.39 is 5.38 Å². The molecule has 0 fully saturated rings. The van der Waals surface area contributed by atoms with Gasteiger partial charge < -0.3 is 9.80 Å². The topological polar surface area (TPSA) is 47.3 Å². The van der Waals surface area contributed by atoms with Crippen LogP contribution < -0.4 is 0 Å². The molecule has 0 saturated heterocycles. The summed E-state index contributed by atoms with van der Waals surface area (Å²) in [6.07, 6.45) is 0.355. The summed E-state index contributed by atoms with van der Waals surface area (Å²) >= 11 is 5.80. The molecule has 5 heteroatoms. The van der Waals surface area contributed by atoms with Crippen LogP contribution in [0.3, 0.4) is 0 Å². The lowest BCUT2D eigenvalue weighted by Crippen LogP contribution is -2.41. The normalized spacial score (nSPS) is 12.2. The smallest absolute Gasteiger partial charge is 0.240 e. The Labute approximate surface area is 109 Å². The number of nitrogens with zero attached hydrogens (tertiary/aromatic N) is 3. The van der Waals surface area contributed by atoms with Crippen molar-refractivity contribution in [3.8, 4) is 6.07 Å². The zero-order valence-electron chi connectivity index (χ0n) is 10.9. The predicted octanol–water partition coefficient (Wildman–Crippen LogP) is 1.70. The Balaban J connectivity index is 4.29. The molecule has 0 aliphatic heterocycles. The fraction of sp³-hybridized carbons (Fsp3) is 0.833. The standard InChI is InChI=1S/C12H22ClN3O/c1-4-15(5-2)9-10-16(8-6-7-14)12(17)11(3)13/h11H,4-6,8-10H2,1-3H3. The summed E-state index contributed by atoms with van der Waals surface area (Å²) in [4.78, 5) is 15.7. The highest BCUT2D eigenvalue weighted by molar-refractivity contribution is 6.30. The average Bonchev–Trinajstić information content (AvgIpc) is 2.33. The van der Waals surface area contributed by atoms with E-state index in [0.29, 0.717) is 19.5 Å². The van der Waals surface area contributed by atoms with Crippen LogP contribution in [0, 0.1) is 11.3 Å². The summed E-state index contributed by atoms with van der Waals surface area (Å²) in [5.74, 6) is -0.0888. The Kier molecular flexibility index (Phi) is 8.83. The van der Waals surface area contributed by atoms with Gasteiger partial charge in [-0.05, 0) is 20.0 Å². The number of rotatable bonds is 8. The van der Waals surface area contributed by atoms with Crippen molar-refractivity contribution in [3.05, 3.63) is 0 Å². The highest BCUT2D eigenvalue weighted by Gasteiger charge is 2.18. The summed E-state index contributed by atoms with van der Waals surface area (Å²) in [6, 6.07) is 2.06. The number of alkyl halides is 1. The Hall–Kier alpha value is -0.790. The number of hydrogen-bond donors (Lipinski definition) is 0. The summed E-state index contributed by atoms with van der Waals surface area (Å²) in [5.41, 5.74) is 0. The third kappa shape index (κ3) is 6.50. The zero-order chi connectivity index (χ0) is 13.3. The second kappa shape index (κ2) is 9.26. The first-order chi connectivity index (χ1) is 8.06. The molecule has 0 radical (unpaired) electrons. The molecule has 98 valence electrons. The van der Waals surface area contributed by atoms with E-state index in [0.717, 1.165) is 19.6 Å². The van der Waals surface area contributed by atoms with Crippen LogP contribution in [0.15, 0.2) is 0 Å². The highest BCUT2D eigenvalue weighted by Crippen LogP contribution is 2.03. The van der Waals surface area contributed by atoms with Crippen LogP contribution in [-0.2, 0) is 4.79 Å². The molecule has 0 aromatic heterocycles. The number of carbonyl (C=O) groups is 1. The number of amides is 1. The number of carbonyl (C=O) groups excluding carboxylic acids is 1. The lowest BCUT2D eigenvalue weighted by atomic mass is 10.3. The molecule has 0 aromatic carbocycles. The summed E-state index contributed by atoms with van der Waals surface area (Å²) < 4.78 is 0. The minimum absolute atomic E-state index is 0.0888. The number of nitriles is 1. The van der Waals surface area contributed by atoms with E-state index in [1.807, 2.05) is 0 Å². The third-order valence-corrected chi connectivity index (χ3v) is 2.91. The van der Waals surface area contributed by atoms with Gasteiger partial charge in [-0.3, -0.25) is 4.79 Å². The van der Waals surface area contributed by atoms with E-state index in [-0.39, 0.29) is 5.91 Å². The molecule has 0 aliphatic carbocycles.